The third-order valence-electron chi connectivity index (χ3n) is 4.05. The largest absolute Gasteiger partial charge is 0.481 e. The van der Waals surface area contributed by atoms with Crippen LogP contribution in [0.15, 0.2) is 6.33 Å². The van der Waals surface area contributed by atoms with Crippen molar-refractivity contribution in [3.8, 4) is 0 Å². The van der Waals surface area contributed by atoms with Crippen molar-refractivity contribution in [2.45, 2.75) is 25.3 Å². The van der Waals surface area contributed by atoms with Gasteiger partial charge in [0.15, 0.2) is 0 Å². The molecule has 1 fully saturated rings. The first-order valence-corrected chi connectivity index (χ1v) is 6.54. The second-order valence-corrected chi connectivity index (χ2v) is 5.14. The number of anilines is 1. The number of carboxylic acid groups (broad SMARTS) is 1. The summed E-state index contributed by atoms with van der Waals surface area (Å²) in [5.74, 6) is -0.429. The van der Waals surface area contributed by atoms with E-state index < -0.39 is 11.9 Å². The number of carbonyl (C=O) groups is 1. The Labute approximate surface area is 111 Å². The number of nitrogens with zero attached hydrogens (tertiary/aromatic N) is 3. The molecule has 0 bridgehead atoms. The van der Waals surface area contributed by atoms with E-state index in [2.05, 4.69) is 9.97 Å². The van der Waals surface area contributed by atoms with Crippen molar-refractivity contribution >= 4 is 11.8 Å². The van der Waals surface area contributed by atoms with Gasteiger partial charge >= 0.3 is 5.97 Å². The summed E-state index contributed by atoms with van der Waals surface area (Å²) >= 11 is 0. The normalized spacial score (nSPS) is 25.3. The monoisotopic (exact) mass is 263 g/mol. The van der Waals surface area contributed by atoms with E-state index in [0.29, 0.717) is 6.61 Å². The number of rotatable bonds is 3. The Morgan fingerprint density at radius 3 is 3.05 bits per heavy atom. The van der Waals surface area contributed by atoms with Gasteiger partial charge in [-0.2, -0.15) is 0 Å². The maximum atomic E-state index is 11.2. The first-order valence-electron chi connectivity index (χ1n) is 6.54. The lowest BCUT2D eigenvalue weighted by molar-refractivity contribution is -0.141. The van der Waals surface area contributed by atoms with Crippen molar-refractivity contribution in [2.75, 3.05) is 25.2 Å². The van der Waals surface area contributed by atoms with Crippen molar-refractivity contribution in [1.82, 2.24) is 9.97 Å². The highest BCUT2D eigenvalue weighted by Crippen LogP contribution is 2.30. The molecule has 0 aromatic carbocycles. The summed E-state index contributed by atoms with van der Waals surface area (Å²) in [6, 6.07) is -0.155. The Morgan fingerprint density at radius 1 is 1.42 bits per heavy atom. The fraction of sp³-hybridized carbons (Fsp3) is 0.615. The number of aromatic nitrogens is 2. The summed E-state index contributed by atoms with van der Waals surface area (Å²) in [7, 11) is 1.90. The summed E-state index contributed by atoms with van der Waals surface area (Å²) in [4.78, 5) is 21.9. The first-order chi connectivity index (χ1) is 9.18. The minimum absolute atomic E-state index is 0.155. The zero-order valence-corrected chi connectivity index (χ0v) is 10.9. The Kier molecular flexibility index (Phi) is 3.10. The number of carboxylic acids is 1. The highest BCUT2D eigenvalue weighted by molar-refractivity contribution is 5.72. The Bertz CT molecular complexity index is 506. The number of hydrogen-bond acceptors (Lipinski definition) is 5. The predicted molar refractivity (Wildman–Crippen MR) is 68.2 cm³/mol. The van der Waals surface area contributed by atoms with Crippen molar-refractivity contribution < 1.29 is 14.6 Å². The molecule has 1 aliphatic carbocycles. The molecule has 2 atom stereocenters. The van der Waals surface area contributed by atoms with Crippen molar-refractivity contribution in [2.24, 2.45) is 5.92 Å². The number of ether oxygens (including phenoxy) is 1. The third kappa shape index (κ3) is 2.06. The third-order valence-corrected chi connectivity index (χ3v) is 4.05. The second kappa shape index (κ2) is 4.77. The molecule has 0 spiro atoms. The smallest absolute Gasteiger partial charge is 0.311 e. The summed E-state index contributed by atoms with van der Waals surface area (Å²) in [6.07, 6.45) is 4.63. The van der Waals surface area contributed by atoms with Crippen LogP contribution in [0.25, 0.3) is 0 Å². The van der Waals surface area contributed by atoms with Crippen LogP contribution in [0.5, 0.6) is 0 Å². The molecule has 1 aromatic heterocycles. The SMILES string of the molecule is CN(c1ncnc2c1CCC2)C1COCC1C(=O)O. The summed E-state index contributed by atoms with van der Waals surface area (Å²) in [5.41, 5.74) is 2.27. The van der Waals surface area contributed by atoms with E-state index >= 15 is 0 Å². The Hall–Kier alpha value is -1.69. The van der Waals surface area contributed by atoms with Crippen molar-refractivity contribution in [3.05, 3.63) is 17.6 Å². The summed E-state index contributed by atoms with van der Waals surface area (Å²) < 4.78 is 5.33. The maximum absolute atomic E-state index is 11.2. The quantitative estimate of drug-likeness (QED) is 0.856. The van der Waals surface area contributed by atoms with Gasteiger partial charge in [0.05, 0.1) is 19.3 Å². The molecule has 1 aromatic rings. The fourth-order valence-corrected chi connectivity index (χ4v) is 2.96. The number of aryl methyl sites for hydroxylation is 1. The van der Waals surface area contributed by atoms with Crippen LogP contribution < -0.4 is 4.90 Å². The molecular formula is C13H17N3O3. The van der Waals surface area contributed by atoms with Gasteiger partial charge in [0.1, 0.15) is 18.1 Å². The van der Waals surface area contributed by atoms with Gasteiger partial charge in [0, 0.05) is 18.3 Å². The van der Waals surface area contributed by atoms with E-state index in [-0.39, 0.29) is 12.6 Å². The maximum Gasteiger partial charge on any atom is 0.311 e. The fourth-order valence-electron chi connectivity index (χ4n) is 2.96. The molecule has 6 heteroatoms. The average molecular weight is 263 g/mol. The number of aliphatic carboxylic acids is 1. The van der Waals surface area contributed by atoms with Gasteiger partial charge in [-0.1, -0.05) is 0 Å². The van der Waals surface area contributed by atoms with Gasteiger partial charge in [-0.25, -0.2) is 9.97 Å². The van der Waals surface area contributed by atoms with Gasteiger partial charge in [-0.15, -0.1) is 0 Å². The molecule has 2 unspecified atom stereocenters. The Balaban J connectivity index is 1.90. The second-order valence-electron chi connectivity index (χ2n) is 5.14. The molecule has 2 heterocycles. The Morgan fingerprint density at radius 2 is 2.26 bits per heavy atom. The molecule has 1 N–H and O–H groups in total. The highest BCUT2D eigenvalue weighted by Gasteiger charge is 2.38. The van der Waals surface area contributed by atoms with E-state index in [1.807, 2.05) is 11.9 Å². The van der Waals surface area contributed by atoms with Crippen LogP contribution in [0.4, 0.5) is 5.82 Å². The molecule has 1 saturated heterocycles. The van der Waals surface area contributed by atoms with Gasteiger partial charge in [0.2, 0.25) is 0 Å². The molecular weight excluding hydrogens is 246 g/mol. The molecule has 0 radical (unpaired) electrons. The standard InChI is InChI=1S/C13H17N3O3/c1-16(11-6-19-5-9(11)13(17)18)12-8-3-2-4-10(8)14-7-15-12/h7,9,11H,2-6H2,1H3,(H,17,18). The molecule has 2 aliphatic rings. The molecule has 3 rings (SSSR count). The van der Waals surface area contributed by atoms with Crippen LogP contribution in [-0.4, -0.2) is 47.3 Å². The molecule has 1 aliphatic heterocycles. The van der Waals surface area contributed by atoms with Crippen LogP contribution in [0.3, 0.4) is 0 Å². The number of hydrogen-bond donors (Lipinski definition) is 1. The summed E-state index contributed by atoms with van der Waals surface area (Å²) in [5, 5.41) is 9.23. The van der Waals surface area contributed by atoms with E-state index in [0.717, 1.165) is 30.8 Å². The topological polar surface area (TPSA) is 75.5 Å². The predicted octanol–water partition coefficient (Wildman–Crippen LogP) is 0.501. The van der Waals surface area contributed by atoms with E-state index in [1.54, 1.807) is 6.33 Å². The van der Waals surface area contributed by atoms with Gasteiger partial charge in [0.25, 0.3) is 0 Å². The van der Waals surface area contributed by atoms with E-state index in [4.69, 9.17) is 4.74 Å². The minimum atomic E-state index is -0.806. The highest BCUT2D eigenvalue weighted by atomic mass is 16.5. The lowest BCUT2D eigenvalue weighted by atomic mass is 10.0. The van der Waals surface area contributed by atoms with Crippen LogP contribution >= 0.6 is 0 Å². The van der Waals surface area contributed by atoms with E-state index in [1.165, 1.54) is 5.56 Å². The molecule has 0 saturated carbocycles. The first kappa shape index (κ1) is 12.3. The van der Waals surface area contributed by atoms with Gasteiger partial charge in [-0.3, -0.25) is 4.79 Å². The van der Waals surface area contributed by atoms with Crippen molar-refractivity contribution in [1.29, 1.82) is 0 Å². The van der Waals surface area contributed by atoms with Crippen molar-refractivity contribution in [3.63, 3.8) is 0 Å². The zero-order chi connectivity index (χ0) is 13.4. The molecule has 19 heavy (non-hydrogen) atoms. The van der Waals surface area contributed by atoms with E-state index in [9.17, 15) is 9.90 Å². The lowest BCUT2D eigenvalue weighted by Gasteiger charge is -2.28. The number of likely N-dealkylation sites (N-methyl/N-ethyl adjacent to an activating group) is 1. The van der Waals surface area contributed by atoms with Crippen LogP contribution in [0, 0.1) is 5.92 Å². The zero-order valence-electron chi connectivity index (χ0n) is 10.9. The number of fused-ring (bicyclic) bond motifs is 1. The van der Waals surface area contributed by atoms with Crippen LogP contribution in [0.2, 0.25) is 0 Å². The van der Waals surface area contributed by atoms with Crippen LogP contribution in [-0.2, 0) is 22.4 Å². The van der Waals surface area contributed by atoms with Crippen LogP contribution in [0.1, 0.15) is 17.7 Å². The molecule has 0 amide bonds. The minimum Gasteiger partial charge on any atom is -0.481 e. The van der Waals surface area contributed by atoms with Gasteiger partial charge < -0.3 is 14.7 Å². The summed E-state index contributed by atoms with van der Waals surface area (Å²) in [6.45, 7) is 0.712. The molecule has 102 valence electrons. The molecule has 6 nitrogen and oxygen atoms in total. The lowest BCUT2D eigenvalue weighted by Crippen LogP contribution is -2.41. The van der Waals surface area contributed by atoms with Gasteiger partial charge in [-0.05, 0) is 19.3 Å². The average Bonchev–Trinajstić information content (AvgIpc) is 3.05.